The van der Waals surface area contributed by atoms with Crippen molar-refractivity contribution in [2.24, 2.45) is 5.92 Å². The summed E-state index contributed by atoms with van der Waals surface area (Å²) in [6.07, 6.45) is 2.27. The lowest BCUT2D eigenvalue weighted by atomic mass is 9.84. The van der Waals surface area contributed by atoms with E-state index in [4.69, 9.17) is 0 Å². The summed E-state index contributed by atoms with van der Waals surface area (Å²) in [6, 6.07) is 4.82. The zero-order valence-corrected chi connectivity index (χ0v) is 16.9. The van der Waals surface area contributed by atoms with Gasteiger partial charge in [-0.05, 0) is 38.3 Å². The lowest BCUT2D eigenvalue weighted by Gasteiger charge is -2.37. The fourth-order valence-corrected chi connectivity index (χ4v) is 3.96. The molecule has 10 heteroatoms. The summed E-state index contributed by atoms with van der Waals surface area (Å²) in [4.78, 5) is 27.4. The Hall–Kier alpha value is -3.17. The van der Waals surface area contributed by atoms with Crippen LogP contribution in [-0.2, 0) is 0 Å². The summed E-state index contributed by atoms with van der Waals surface area (Å²) in [5.74, 6) is 0.383. The molecule has 4 heterocycles. The lowest BCUT2D eigenvalue weighted by molar-refractivity contribution is -0.0529. The Morgan fingerprint density at radius 2 is 1.97 bits per heavy atom. The zero-order valence-electron chi connectivity index (χ0n) is 16.9. The van der Waals surface area contributed by atoms with Crippen molar-refractivity contribution in [2.75, 3.05) is 13.1 Å². The Kier molecular flexibility index (Phi) is 5.31. The van der Waals surface area contributed by atoms with Gasteiger partial charge in [0, 0.05) is 42.0 Å². The molecule has 2 atom stereocenters. The number of fused-ring (bicyclic) bond motifs is 1. The van der Waals surface area contributed by atoms with E-state index >= 15 is 0 Å². The van der Waals surface area contributed by atoms with Gasteiger partial charge >= 0.3 is 6.61 Å². The van der Waals surface area contributed by atoms with Crippen LogP contribution in [0.15, 0.2) is 24.5 Å². The van der Waals surface area contributed by atoms with Crippen LogP contribution in [0.5, 0.6) is 5.88 Å². The molecule has 0 unspecified atom stereocenters. The molecule has 0 radical (unpaired) electrons. The molecule has 1 saturated heterocycles. The second-order valence-corrected chi connectivity index (χ2v) is 7.63. The number of piperidine rings is 1. The minimum atomic E-state index is -3.00. The highest BCUT2D eigenvalue weighted by Crippen LogP contribution is 2.33. The first-order valence-corrected chi connectivity index (χ1v) is 9.72. The molecule has 0 spiro atoms. The summed E-state index contributed by atoms with van der Waals surface area (Å²) >= 11 is 0. The lowest BCUT2D eigenvalue weighted by Crippen LogP contribution is -2.42. The van der Waals surface area contributed by atoms with Crippen LogP contribution in [-0.4, -0.2) is 55.1 Å². The Balaban J connectivity index is 1.63. The van der Waals surface area contributed by atoms with Gasteiger partial charge in [-0.3, -0.25) is 4.79 Å². The fourth-order valence-electron chi connectivity index (χ4n) is 3.96. The number of nitrogens with zero attached hydrogens (tertiary/aromatic N) is 6. The molecule has 30 heavy (non-hydrogen) atoms. The van der Waals surface area contributed by atoms with E-state index in [0.717, 1.165) is 17.8 Å². The maximum absolute atomic E-state index is 13.2. The monoisotopic (exact) mass is 416 g/mol. The van der Waals surface area contributed by atoms with Crippen LogP contribution in [0.1, 0.15) is 46.7 Å². The van der Waals surface area contributed by atoms with E-state index in [1.165, 1.54) is 12.4 Å². The van der Waals surface area contributed by atoms with Crippen molar-refractivity contribution in [3.8, 4) is 5.88 Å². The summed E-state index contributed by atoms with van der Waals surface area (Å²) in [5.41, 5.74) is 2.50. The Bertz CT molecular complexity index is 1090. The summed E-state index contributed by atoms with van der Waals surface area (Å²) in [6.45, 7) is 3.74. The van der Waals surface area contributed by atoms with Gasteiger partial charge in [-0.15, -0.1) is 0 Å². The van der Waals surface area contributed by atoms with Crippen LogP contribution in [0, 0.1) is 19.8 Å². The first kappa shape index (κ1) is 20.1. The summed E-state index contributed by atoms with van der Waals surface area (Å²) in [5, 5.41) is 4.29. The predicted molar refractivity (Wildman–Crippen MR) is 104 cm³/mol. The highest BCUT2D eigenvalue weighted by Gasteiger charge is 2.32. The van der Waals surface area contributed by atoms with Gasteiger partial charge in [0.25, 0.3) is 11.7 Å². The molecule has 0 saturated carbocycles. The van der Waals surface area contributed by atoms with Crippen molar-refractivity contribution < 1.29 is 18.3 Å². The number of aryl methyl sites for hydroxylation is 2. The molecular formula is C20H22F2N6O2. The van der Waals surface area contributed by atoms with Crippen LogP contribution < -0.4 is 4.74 Å². The molecule has 0 bridgehead atoms. The minimum Gasteiger partial charge on any atom is -0.417 e. The topological polar surface area (TPSA) is 85.5 Å². The standard InChI is InChI=1S/C20H22F2N6O2/c1-11-4-5-27(18(29)14-6-12(2)25-17(8-14)30-19(21)22)9-15(11)16-7-13(3)26-20-23-10-24-28(16)20/h6-8,10-11,15,19H,4-5,9H2,1-3H3/t11-,15-/m1/s1. The van der Waals surface area contributed by atoms with Gasteiger partial charge in [0.05, 0.1) is 5.69 Å². The largest absolute Gasteiger partial charge is 0.417 e. The number of hydrogen-bond donors (Lipinski definition) is 0. The van der Waals surface area contributed by atoms with Gasteiger partial charge in [-0.2, -0.15) is 18.9 Å². The van der Waals surface area contributed by atoms with E-state index < -0.39 is 6.61 Å². The molecule has 0 aromatic carbocycles. The number of pyridine rings is 1. The number of aromatic nitrogens is 5. The number of amides is 1. The molecule has 1 aliphatic heterocycles. The number of carbonyl (C=O) groups excluding carboxylic acids is 1. The first-order chi connectivity index (χ1) is 14.3. The molecule has 0 N–H and O–H groups in total. The Labute approximate surface area is 171 Å². The highest BCUT2D eigenvalue weighted by atomic mass is 19.3. The average molecular weight is 416 g/mol. The smallest absolute Gasteiger partial charge is 0.388 e. The van der Waals surface area contributed by atoms with E-state index in [0.29, 0.717) is 30.5 Å². The van der Waals surface area contributed by atoms with Gasteiger partial charge in [0.15, 0.2) is 0 Å². The third kappa shape index (κ3) is 3.94. The van der Waals surface area contributed by atoms with Crippen LogP contribution in [0.25, 0.3) is 5.78 Å². The second-order valence-electron chi connectivity index (χ2n) is 7.63. The van der Waals surface area contributed by atoms with Crippen molar-refractivity contribution in [2.45, 2.75) is 39.7 Å². The maximum atomic E-state index is 13.2. The Morgan fingerprint density at radius 1 is 1.20 bits per heavy atom. The van der Waals surface area contributed by atoms with E-state index in [2.05, 4.69) is 31.7 Å². The molecule has 1 amide bonds. The van der Waals surface area contributed by atoms with Gasteiger partial charge in [-0.25, -0.2) is 14.5 Å². The normalized spacial score (nSPS) is 19.5. The molecule has 1 aliphatic rings. The molecule has 3 aromatic rings. The zero-order chi connectivity index (χ0) is 21.4. The number of rotatable bonds is 4. The molecule has 158 valence electrons. The SMILES string of the molecule is Cc1cc(C(=O)N2CC[C@@H](C)[C@H](c3cc(C)nc4ncnn34)C2)cc(OC(F)F)n1. The number of hydrogen-bond acceptors (Lipinski definition) is 6. The number of halogens is 2. The van der Waals surface area contributed by atoms with E-state index in [-0.39, 0.29) is 23.3 Å². The second kappa shape index (κ2) is 7.92. The van der Waals surface area contributed by atoms with Gasteiger partial charge in [-0.1, -0.05) is 6.92 Å². The van der Waals surface area contributed by atoms with Crippen LogP contribution in [0.2, 0.25) is 0 Å². The van der Waals surface area contributed by atoms with E-state index in [1.54, 1.807) is 22.4 Å². The van der Waals surface area contributed by atoms with Crippen molar-refractivity contribution in [3.05, 3.63) is 47.2 Å². The summed E-state index contributed by atoms with van der Waals surface area (Å²) < 4.78 is 31.3. The van der Waals surface area contributed by atoms with Gasteiger partial charge in [0.1, 0.15) is 6.33 Å². The third-order valence-electron chi connectivity index (χ3n) is 5.42. The quantitative estimate of drug-likeness (QED) is 0.650. The maximum Gasteiger partial charge on any atom is 0.388 e. The van der Waals surface area contributed by atoms with Crippen LogP contribution in [0.4, 0.5) is 8.78 Å². The van der Waals surface area contributed by atoms with E-state index in [9.17, 15) is 13.6 Å². The van der Waals surface area contributed by atoms with Crippen molar-refractivity contribution in [1.82, 2.24) is 29.5 Å². The minimum absolute atomic E-state index is 0.0355. The van der Waals surface area contributed by atoms with Crippen molar-refractivity contribution in [1.29, 1.82) is 0 Å². The number of carbonyl (C=O) groups is 1. The molecule has 3 aromatic heterocycles. The highest BCUT2D eigenvalue weighted by molar-refractivity contribution is 5.94. The summed E-state index contributed by atoms with van der Waals surface area (Å²) in [7, 11) is 0. The number of ether oxygens (including phenoxy) is 1. The molecular weight excluding hydrogens is 394 g/mol. The molecule has 8 nitrogen and oxygen atoms in total. The van der Waals surface area contributed by atoms with Gasteiger partial charge in [0.2, 0.25) is 5.88 Å². The van der Waals surface area contributed by atoms with E-state index in [1.807, 2.05) is 13.0 Å². The number of alkyl halides is 2. The number of likely N-dealkylation sites (tertiary alicyclic amines) is 1. The van der Waals surface area contributed by atoms with Gasteiger partial charge < -0.3 is 9.64 Å². The fraction of sp³-hybridized carbons (Fsp3) is 0.450. The van der Waals surface area contributed by atoms with Crippen LogP contribution >= 0.6 is 0 Å². The molecule has 4 rings (SSSR count). The Morgan fingerprint density at radius 3 is 2.73 bits per heavy atom. The van der Waals surface area contributed by atoms with Crippen molar-refractivity contribution >= 4 is 11.7 Å². The van der Waals surface area contributed by atoms with Crippen LogP contribution in [0.3, 0.4) is 0 Å². The third-order valence-corrected chi connectivity index (χ3v) is 5.42. The molecule has 0 aliphatic carbocycles. The van der Waals surface area contributed by atoms with Crippen molar-refractivity contribution in [3.63, 3.8) is 0 Å². The predicted octanol–water partition coefficient (Wildman–Crippen LogP) is 3.00. The average Bonchev–Trinajstić information content (AvgIpc) is 3.14. The molecule has 1 fully saturated rings. The first-order valence-electron chi connectivity index (χ1n) is 9.72.